The number of nitrogens with zero attached hydrogens (tertiary/aromatic N) is 1. The lowest BCUT2D eigenvalue weighted by Crippen LogP contribution is -2.29. The van der Waals surface area contributed by atoms with Gasteiger partial charge in [-0.15, -0.1) is 0 Å². The van der Waals surface area contributed by atoms with Crippen LogP contribution in [0.25, 0.3) is 10.9 Å². The summed E-state index contributed by atoms with van der Waals surface area (Å²) in [5.74, 6) is -0.0242. The average molecular weight is 398 g/mol. The van der Waals surface area contributed by atoms with Crippen LogP contribution in [0.15, 0.2) is 42.6 Å². The highest BCUT2D eigenvalue weighted by Gasteiger charge is 2.33. The van der Waals surface area contributed by atoms with Crippen LogP contribution in [0.4, 0.5) is 10.1 Å². The van der Waals surface area contributed by atoms with Gasteiger partial charge in [0.25, 0.3) is 0 Å². The molecular weight excluding hydrogens is 375 g/mol. The van der Waals surface area contributed by atoms with Gasteiger partial charge in [0, 0.05) is 36.3 Å². The van der Waals surface area contributed by atoms with Gasteiger partial charge in [-0.05, 0) is 43.3 Å². The predicted molar refractivity (Wildman–Crippen MR) is 108 cm³/mol. The summed E-state index contributed by atoms with van der Waals surface area (Å²) in [6, 6.07) is 10.6. The van der Waals surface area contributed by atoms with E-state index >= 15 is 4.39 Å². The Labute approximate surface area is 168 Å². The molecule has 0 saturated carbocycles. The van der Waals surface area contributed by atoms with Crippen LogP contribution >= 0.6 is 0 Å². The molecule has 0 unspecified atom stereocenters. The maximum Gasteiger partial charge on any atom is 0.171 e. The summed E-state index contributed by atoms with van der Waals surface area (Å²) in [5.41, 5.74) is 1.85. The third-order valence-electron chi connectivity index (χ3n) is 5.00. The zero-order chi connectivity index (χ0) is 20.4. The number of rotatable bonds is 6. The minimum absolute atomic E-state index is 0.121. The first-order chi connectivity index (χ1) is 14.0. The topological polar surface area (TPSA) is 61.8 Å². The largest absolute Gasteiger partial charge is 0.497 e. The molecule has 3 aromatic rings. The minimum atomic E-state index is -0.859. The van der Waals surface area contributed by atoms with E-state index in [9.17, 15) is 0 Å². The van der Waals surface area contributed by atoms with E-state index in [1.54, 1.807) is 38.6 Å². The molecule has 0 radical (unpaired) electrons. The normalized spacial score (nSPS) is 15.4. The molecule has 1 aliphatic rings. The van der Waals surface area contributed by atoms with Crippen molar-refractivity contribution in [3.05, 3.63) is 54.0 Å². The number of nitrogens with one attached hydrogen (secondary N) is 1. The number of halogens is 1. The highest BCUT2D eigenvalue weighted by molar-refractivity contribution is 5.86. The van der Waals surface area contributed by atoms with Crippen LogP contribution in [0.1, 0.15) is 12.5 Å². The maximum atomic E-state index is 15.5. The summed E-state index contributed by atoms with van der Waals surface area (Å²) in [7, 11) is 3.34. The lowest BCUT2D eigenvalue weighted by molar-refractivity contribution is -0.140. The van der Waals surface area contributed by atoms with Crippen molar-refractivity contribution in [1.82, 2.24) is 4.98 Å². The fourth-order valence-corrected chi connectivity index (χ4v) is 3.50. The Bertz CT molecular complexity index is 1030. The van der Waals surface area contributed by atoms with Crippen molar-refractivity contribution in [2.75, 3.05) is 32.7 Å². The SMILES string of the molecule is CNc1ccc(Oc2ccnc3ccc(OC)cc23)c(F)c1CC1(C)OCCO1. The maximum absolute atomic E-state index is 15.5. The average Bonchev–Trinajstić information content (AvgIpc) is 3.17. The Kier molecular flexibility index (Phi) is 5.25. The molecule has 7 heteroatoms. The number of hydrogen-bond acceptors (Lipinski definition) is 6. The molecule has 1 N–H and O–H groups in total. The lowest BCUT2D eigenvalue weighted by Gasteiger charge is -2.24. The van der Waals surface area contributed by atoms with Crippen molar-refractivity contribution in [1.29, 1.82) is 0 Å². The number of methoxy groups -OCH3 is 1. The van der Waals surface area contributed by atoms with Crippen LogP contribution in [0, 0.1) is 5.82 Å². The second-order valence-corrected chi connectivity index (χ2v) is 6.96. The Balaban J connectivity index is 1.73. The molecule has 0 amide bonds. The third kappa shape index (κ3) is 3.83. The number of benzene rings is 2. The molecule has 6 nitrogen and oxygen atoms in total. The number of ether oxygens (including phenoxy) is 4. The first kappa shape index (κ1) is 19.4. The number of aromatic nitrogens is 1. The van der Waals surface area contributed by atoms with E-state index in [0.717, 1.165) is 10.9 Å². The standard InChI is InChI=1S/C22H23FN2O4/c1-22(27-10-11-28-22)13-16-17(24-2)6-7-20(21(16)23)29-19-8-9-25-18-5-4-14(26-3)12-15(18)19/h4-9,12,24H,10-11,13H2,1-3H3. The Hall–Kier alpha value is -2.90. The second-order valence-electron chi connectivity index (χ2n) is 6.96. The fourth-order valence-electron chi connectivity index (χ4n) is 3.50. The molecule has 0 spiro atoms. The molecule has 0 bridgehead atoms. The summed E-state index contributed by atoms with van der Waals surface area (Å²) < 4.78 is 38.1. The van der Waals surface area contributed by atoms with Gasteiger partial charge < -0.3 is 24.3 Å². The Morgan fingerprint density at radius 3 is 2.66 bits per heavy atom. The van der Waals surface area contributed by atoms with E-state index in [4.69, 9.17) is 18.9 Å². The van der Waals surface area contributed by atoms with E-state index in [-0.39, 0.29) is 12.2 Å². The van der Waals surface area contributed by atoms with Gasteiger partial charge in [0.2, 0.25) is 0 Å². The van der Waals surface area contributed by atoms with Crippen molar-refractivity contribution in [3.63, 3.8) is 0 Å². The van der Waals surface area contributed by atoms with Crippen molar-refractivity contribution in [2.45, 2.75) is 19.1 Å². The van der Waals surface area contributed by atoms with Gasteiger partial charge in [-0.1, -0.05) is 0 Å². The van der Waals surface area contributed by atoms with E-state index < -0.39 is 11.6 Å². The number of anilines is 1. The molecular formula is C22H23FN2O4. The van der Waals surface area contributed by atoms with Gasteiger partial charge in [-0.25, -0.2) is 4.39 Å². The second kappa shape index (κ2) is 7.85. The minimum Gasteiger partial charge on any atom is -0.497 e. The molecule has 152 valence electrons. The van der Waals surface area contributed by atoms with Crippen LogP contribution in [-0.4, -0.2) is 38.1 Å². The van der Waals surface area contributed by atoms with Crippen molar-refractivity contribution >= 4 is 16.6 Å². The smallest absolute Gasteiger partial charge is 0.171 e. The van der Waals surface area contributed by atoms with Crippen LogP contribution in [0.5, 0.6) is 17.2 Å². The third-order valence-corrected chi connectivity index (χ3v) is 5.00. The first-order valence-electron chi connectivity index (χ1n) is 9.40. The lowest BCUT2D eigenvalue weighted by atomic mass is 10.0. The summed E-state index contributed by atoms with van der Waals surface area (Å²) >= 11 is 0. The molecule has 4 rings (SSSR count). The van der Waals surface area contributed by atoms with Gasteiger partial charge >= 0.3 is 0 Å². The monoisotopic (exact) mass is 398 g/mol. The molecule has 1 aliphatic heterocycles. The highest BCUT2D eigenvalue weighted by atomic mass is 19.1. The van der Waals surface area contributed by atoms with E-state index in [2.05, 4.69) is 10.3 Å². The summed E-state index contributed by atoms with van der Waals surface area (Å²) in [4.78, 5) is 4.33. The van der Waals surface area contributed by atoms with Crippen molar-refractivity contribution < 1.29 is 23.3 Å². The van der Waals surface area contributed by atoms with Gasteiger partial charge in [-0.2, -0.15) is 0 Å². The van der Waals surface area contributed by atoms with E-state index in [1.165, 1.54) is 0 Å². The fraction of sp³-hybridized carbons (Fsp3) is 0.318. The Morgan fingerprint density at radius 1 is 1.14 bits per heavy atom. The molecule has 29 heavy (non-hydrogen) atoms. The van der Waals surface area contributed by atoms with Gasteiger partial charge in [0.15, 0.2) is 17.4 Å². The van der Waals surface area contributed by atoms with Crippen LogP contribution in [0.3, 0.4) is 0 Å². The molecule has 2 heterocycles. The Morgan fingerprint density at radius 2 is 1.93 bits per heavy atom. The predicted octanol–water partition coefficient (Wildman–Crippen LogP) is 4.52. The van der Waals surface area contributed by atoms with Crippen LogP contribution in [0.2, 0.25) is 0 Å². The highest BCUT2D eigenvalue weighted by Crippen LogP contribution is 2.37. The van der Waals surface area contributed by atoms with Crippen molar-refractivity contribution in [3.8, 4) is 17.2 Å². The van der Waals surface area contributed by atoms with E-state index in [0.29, 0.717) is 36.0 Å². The van der Waals surface area contributed by atoms with Gasteiger partial charge in [-0.3, -0.25) is 4.98 Å². The quantitative estimate of drug-likeness (QED) is 0.659. The molecule has 2 aromatic carbocycles. The molecule has 1 fully saturated rings. The zero-order valence-electron chi connectivity index (χ0n) is 16.6. The van der Waals surface area contributed by atoms with Gasteiger partial charge in [0.05, 0.1) is 25.8 Å². The van der Waals surface area contributed by atoms with Crippen LogP contribution in [-0.2, 0) is 15.9 Å². The molecule has 0 aliphatic carbocycles. The summed E-state index contributed by atoms with van der Waals surface area (Å²) in [5, 5.41) is 3.77. The summed E-state index contributed by atoms with van der Waals surface area (Å²) in [6.45, 7) is 2.80. The molecule has 1 aromatic heterocycles. The first-order valence-corrected chi connectivity index (χ1v) is 9.40. The van der Waals surface area contributed by atoms with Gasteiger partial charge in [0.1, 0.15) is 11.5 Å². The summed E-state index contributed by atoms with van der Waals surface area (Å²) in [6.07, 6.45) is 1.89. The number of fused-ring (bicyclic) bond motifs is 1. The van der Waals surface area contributed by atoms with Crippen LogP contribution < -0.4 is 14.8 Å². The van der Waals surface area contributed by atoms with Crippen molar-refractivity contribution in [2.24, 2.45) is 0 Å². The zero-order valence-corrected chi connectivity index (χ0v) is 16.6. The number of pyridine rings is 1. The van der Waals surface area contributed by atoms with E-state index in [1.807, 2.05) is 25.1 Å². The molecule has 0 atom stereocenters. The number of hydrogen-bond donors (Lipinski definition) is 1. The molecule has 1 saturated heterocycles.